The molecule has 0 N–H and O–H groups in total. The monoisotopic (exact) mass is 430 g/mol. The number of aromatic nitrogens is 2. The Morgan fingerprint density at radius 3 is 1.36 bits per heavy atom. The minimum Gasteiger partial charge on any atom is -0.489 e. The number of nitrogens with zero attached hydrogens (tertiary/aromatic N) is 2. The Morgan fingerprint density at radius 2 is 1.09 bits per heavy atom. The summed E-state index contributed by atoms with van der Waals surface area (Å²) in [6, 6.07) is 3.79. The summed E-state index contributed by atoms with van der Waals surface area (Å²) < 4.78 is 12.7. The maximum Gasteiger partial charge on any atom is 0.139 e. The molecule has 120 valence electrons. The van der Waals surface area contributed by atoms with Crippen molar-refractivity contribution >= 4 is 31.9 Å². The maximum atomic E-state index is 5.40. The van der Waals surface area contributed by atoms with Gasteiger partial charge in [-0.25, -0.2) is 0 Å². The first-order valence-corrected chi connectivity index (χ1v) is 8.50. The van der Waals surface area contributed by atoms with Crippen LogP contribution in [0.3, 0.4) is 0 Å². The van der Waals surface area contributed by atoms with Crippen molar-refractivity contribution in [2.75, 3.05) is 0 Å². The molecule has 2 heterocycles. The fourth-order valence-electron chi connectivity index (χ4n) is 1.46. The second-order valence-electron chi connectivity index (χ2n) is 5.01. The molecule has 0 spiro atoms. The summed E-state index contributed by atoms with van der Waals surface area (Å²) in [6.07, 6.45) is 7.26. The molecule has 0 atom stereocenters. The zero-order valence-electron chi connectivity index (χ0n) is 13.1. The smallest absolute Gasteiger partial charge is 0.139 e. The van der Waals surface area contributed by atoms with Crippen LogP contribution in [0.15, 0.2) is 45.9 Å². The van der Waals surface area contributed by atoms with Crippen LogP contribution in [0.25, 0.3) is 0 Å². The van der Waals surface area contributed by atoms with E-state index >= 15 is 0 Å². The van der Waals surface area contributed by atoms with Crippen molar-refractivity contribution in [3.63, 3.8) is 0 Å². The third kappa shape index (κ3) is 8.34. The van der Waals surface area contributed by atoms with Crippen LogP contribution in [-0.4, -0.2) is 22.2 Å². The van der Waals surface area contributed by atoms with Gasteiger partial charge >= 0.3 is 0 Å². The number of pyridine rings is 2. The summed E-state index contributed by atoms with van der Waals surface area (Å²) in [5.74, 6) is 1.60. The average molecular weight is 432 g/mol. The summed E-state index contributed by atoms with van der Waals surface area (Å²) in [7, 11) is 0. The average Bonchev–Trinajstić information content (AvgIpc) is 2.37. The fourth-order valence-corrected chi connectivity index (χ4v) is 2.15. The van der Waals surface area contributed by atoms with E-state index in [4.69, 9.17) is 9.47 Å². The first-order chi connectivity index (χ1) is 10.4. The molecule has 0 amide bonds. The molecule has 2 aromatic rings. The van der Waals surface area contributed by atoms with E-state index in [9.17, 15) is 0 Å². The Hall–Kier alpha value is -1.14. The second-order valence-corrected chi connectivity index (χ2v) is 6.84. The molecule has 6 heteroatoms. The lowest BCUT2D eigenvalue weighted by atomic mass is 10.4. The zero-order chi connectivity index (χ0) is 16.5. The van der Waals surface area contributed by atoms with Crippen LogP contribution in [0.5, 0.6) is 11.5 Å². The molecular formula is C16H20Br2N2O2. The molecule has 0 aliphatic rings. The molecule has 0 saturated carbocycles. The third-order valence-corrected chi connectivity index (χ3v) is 2.97. The van der Waals surface area contributed by atoms with Crippen LogP contribution in [-0.2, 0) is 0 Å². The van der Waals surface area contributed by atoms with Crippen LogP contribution in [0.2, 0.25) is 0 Å². The minimum atomic E-state index is 0.200. The second kappa shape index (κ2) is 9.79. The molecular weight excluding hydrogens is 412 g/mol. The number of halogens is 2. The summed E-state index contributed by atoms with van der Waals surface area (Å²) >= 11 is 6.62. The van der Waals surface area contributed by atoms with Crippen molar-refractivity contribution in [1.29, 1.82) is 0 Å². The van der Waals surface area contributed by atoms with E-state index in [0.29, 0.717) is 0 Å². The van der Waals surface area contributed by atoms with Crippen molar-refractivity contribution in [2.45, 2.75) is 39.9 Å². The van der Waals surface area contributed by atoms with E-state index in [1.165, 1.54) is 0 Å². The van der Waals surface area contributed by atoms with E-state index in [1.54, 1.807) is 24.8 Å². The van der Waals surface area contributed by atoms with Gasteiger partial charge in [-0.2, -0.15) is 0 Å². The highest BCUT2D eigenvalue weighted by Crippen LogP contribution is 2.17. The lowest BCUT2D eigenvalue weighted by Crippen LogP contribution is -2.05. The standard InChI is InChI=1S/2C8H10BrNO/c2*1-6(2)11-8-3-7(9)4-10-5-8/h2*3-6H,1-2H3. The van der Waals surface area contributed by atoms with Gasteiger partial charge in [0.05, 0.1) is 24.6 Å². The predicted octanol–water partition coefficient (Wildman–Crippen LogP) is 5.26. The van der Waals surface area contributed by atoms with Crippen molar-refractivity contribution < 1.29 is 9.47 Å². The third-order valence-electron chi connectivity index (χ3n) is 2.10. The largest absolute Gasteiger partial charge is 0.489 e. The van der Waals surface area contributed by atoms with Crippen LogP contribution < -0.4 is 9.47 Å². The van der Waals surface area contributed by atoms with E-state index in [0.717, 1.165) is 20.4 Å². The first kappa shape index (κ1) is 18.9. The van der Waals surface area contributed by atoms with Gasteiger partial charge in [-0.05, 0) is 71.7 Å². The molecule has 0 bridgehead atoms. The number of rotatable bonds is 4. The van der Waals surface area contributed by atoms with Gasteiger partial charge in [0.15, 0.2) is 0 Å². The van der Waals surface area contributed by atoms with Crippen molar-refractivity contribution in [3.8, 4) is 11.5 Å². The van der Waals surface area contributed by atoms with Gasteiger partial charge in [0.2, 0.25) is 0 Å². The Balaban J connectivity index is 0.000000220. The Labute approximate surface area is 148 Å². The molecule has 4 nitrogen and oxygen atoms in total. The van der Waals surface area contributed by atoms with Crippen LogP contribution in [0, 0.1) is 0 Å². The van der Waals surface area contributed by atoms with E-state index in [-0.39, 0.29) is 12.2 Å². The van der Waals surface area contributed by atoms with E-state index in [1.807, 2.05) is 39.8 Å². The van der Waals surface area contributed by atoms with Gasteiger partial charge in [-0.1, -0.05) is 0 Å². The SMILES string of the molecule is CC(C)Oc1cncc(Br)c1.CC(C)Oc1cncc(Br)c1. The summed E-state index contributed by atoms with van der Waals surface area (Å²) in [6.45, 7) is 7.95. The Morgan fingerprint density at radius 1 is 0.727 bits per heavy atom. The highest BCUT2D eigenvalue weighted by molar-refractivity contribution is 9.10. The Kier molecular flexibility index (Phi) is 8.42. The normalized spacial score (nSPS) is 10.2. The van der Waals surface area contributed by atoms with Gasteiger partial charge in [0.25, 0.3) is 0 Å². The number of hydrogen-bond acceptors (Lipinski definition) is 4. The number of hydrogen-bond donors (Lipinski definition) is 0. The topological polar surface area (TPSA) is 44.2 Å². The van der Waals surface area contributed by atoms with E-state index in [2.05, 4.69) is 41.8 Å². The highest BCUT2D eigenvalue weighted by atomic mass is 79.9. The van der Waals surface area contributed by atoms with Crippen molar-refractivity contribution in [1.82, 2.24) is 9.97 Å². The fraction of sp³-hybridized carbons (Fsp3) is 0.375. The quantitative estimate of drug-likeness (QED) is 0.661. The molecule has 0 aliphatic carbocycles. The summed E-state index contributed by atoms with van der Waals surface area (Å²) in [5.41, 5.74) is 0. The van der Waals surface area contributed by atoms with Crippen LogP contribution in [0.1, 0.15) is 27.7 Å². The van der Waals surface area contributed by atoms with Gasteiger partial charge < -0.3 is 9.47 Å². The van der Waals surface area contributed by atoms with Crippen LogP contribution in [0.4, 0.5) is 0 Å². The molecule has 2 aromatic heterocycles. The summed E-state index contributed by atoms with van der Waals surface area (Å²) in [5, 5.41) is 0. The van der Waals surface area contributed by atoms with Gasteiger partial charge in [0.1, 0.15) is 11.5 Å². The summed E-state index contributed by atoms with van der Waals surface area (Å²) in [4.78, 5) is 7.93. The maximum absolute atomic E-state index is 5.40. The lowest BCUT2D eigenvalue weighted by Gasteiger charge is -2.08. The van der Waals surface area contributed by atoms with E-state index < -0.39 is 0 Å². The molecule has 0 saturated heterocycles. The first-order valence-electron chi connectivity index (χ1n) is 6.91. The zero-order valence-corrected chi connectivity index (χ0v) is 16.3. The molecule has 0 unspecified atom stereocenters. The van der Waals surface area contributed by atoms with Crippen molar-refractivity contribution in [3.05, 3.63) is 45.9 Å². The molecule has 0 aliphatic heterocycles. The van der Waals surface area contributed by atoms with Gasteiger partial charge in [0, 0.05) is 21.3 Å². The highest BCUT2D eigenvalue weighted by Gasteiger charge is 1.98. The molecule has 22 heavy (non-hydrogen) atoms. The number of ether oxygens (including phenoxy) is 2. The molecule has 0 fully saturated rings. The predicted molar refractivity (Wildman–Crippen MR) is 95.4 cm³/mol. The van der Waals surface area contributed by atoms with Crippen LogP contribution >= 0.6 is 31.9 Å². The Bertz CT molecular complexity index is 526. The minimum absolute atomic E-state index is 0.200. The molecule has 0 aromatic carbocycles. The molecule has 2 rings (SSSR count). The van der Waals surface area contributed by atoms with Gasteiger partial charge in [-0.3, -0.25) is 9.97 Å². The van der Waals surface area contributed by atoms with Crippen molar-refractivity contribution in [2.24, 2.45) is 0 Å². The van der Waals surface area contributed by atoms with Gasteiger partial charge in [-0.15, -0.1) is 0 Å². The lowest BCUT2D eigenvalue weighted by molar-refractivity contribution is 0.241. The molecule has 0 radical (unpaired) electrons.